The van der Waals surface area contributed by atoms with Gasteiger partial charge < -0.3 is 9.64 Å². The summed E-state index contributed by atoms with van der Waals surface area (Å²) in [6, 6.07) is 1.73. The summed E-state index contributed by atoms with van der Waals surface area (Å²) in [7, 11) is 1.74. The molecule has 1 fully saturated rings. The molecule has 1 aliphatic rings. The molecular weight excluding hydrogens is 268 g/mol. The van der Waals surface area contributed by atoms with E-state index in [4.69, 9.17) is 4.74 Å². The maximum Gasteiger partial charge on any atom is 0.323 e. The number of hydrogen-bond acceptors (Lipinski definition) is 4. The van der Waals surface area contributed by atoms with Crippen molar-refractivity contribution in [1.82, 2.24) is 15.1 Å². The van der Waals surface area contributed by atoms with Gasteiger partial charge in [-0.2, -0.15) is 5.10 Å². The zero-order valence-corrected chi connectivity index (χ0v) is 13.3. The Labute approximate surface area is 125 Å². The van der Waals surface area contributed by atoms with Gasteiger partial charge in [0.1, 0.15) is 0 Å². The van der Waals surface area contributed by atoms with Gasteiger partial charge in [-0.1, -0.05) is 0 Å². The van der Waals surface area contributed by atoms with Gasteiger partial charge in [-0.25, -0.2) is 4.79 Å². The molecule has 2 heterocycles. The van der Waals surface area contributed by atoms with Gasteiger partial charge >= 0.3 is 6.03 Å². The molecule has 21 heavy (non-hydrogen) atoms. The maximum absolute atomic E-state index is 12.3. The monoisotopic (exact) mass is 292 g/mol. The first-order valence-corrected chi connectivity index (χ1v) is 7.35. The summed E-state index contributed by atoms with van der Waals surface area (Å²) in [5.74, 6) is 0.502. The summed E-state index contributed by atoms with van der Waals surface area (Å²) < 4.78 is 5.55. The Kier molecular flexibility index (Phi) is 4.77. The average Bonchev–Trinajstić information content (AvgIpc) is 2.66. The standard InChI is InChI=1S/C15H24N4O2/c1-11-10-13(18-17-12(11)2)16-14(20)19-8-5-6-15(3,21-4)7-9-19/h10H,5-9H2,1-4H3,(H,16,18,20)/t15-/m0/s1. The number of urea groups is 1. The van der Waals surface area contributed by atoms with Gasteiger partial charge in [-0.05, 0) is 51.7 Å². The number of carbonyl (C=O) groups excluding carboxylic acids is 1. The Hall–Kier alpha value is -1.69. The van der Waals surface area contributed by atoms with Crippen molar-refractivity contribution in [3.05, 3.63) is 17.3 Å². The molecule has 1 N–H and O–H groups in total. The van der Waals surface area contributed by atoms with Crippen molar-refractivity contribution in [3.63, 3.8) is 0 Å². The molecule has 2 rings (SSSR count). The molecule has 6 heteroatoms. The van der Waals surface area contributed by atoms with E-state index in [1.807, 2.05) is 24.8 Å². The molecule has 0 radical (unpaired) electrons. The second-order valence-electron chi connectivity index (χ2n) is 5.92. The van der Waals surface area contributed by atoms with Crippen molar-refractivity contribution in [3.8, 4) is 0 Å². The van der Waals surface area contributed by atoms with Crippen molar-refractivity contribution >= 4 is 11.8 Å². The van der Waals surface area contributed by atoms with E-state index in [0.717, 1.165) is 37.1 Å². The molecule has 0 spiro atoms. The number of anilines is 1. The number of ether oxygens (including phenoxy) is 1. The van der Waals surface area contributed by atoms with Crippen LogP contribution in [-0.2, 0) is 4.74 Å². The molecule has 0 saturated carbocycles. The minimum absolute atomic E-state index is 0.118. The number of carbonyl (C=O) groups is 1. The number of methoxy groups -OCH3 is 1. The van der Waals surface area contributed by atoms with Gasteiger partial charge in [0, 0.05) is 20.2 Å². The zero-order chi connectivity index (χ0) is 15.5. The third-order valence-electron chi connectivity index (χ3n) is 4.29. The summed E-state index contributed by atoms with van der Waals surface area (Å²) in [5, 5.41) is 10.9. The largest absolute Gasteiger partial charge is 0.378 e. The number of hydrogen-bond donors (Lipinski definition) is 1. The van der Waals surface area contributed by atoms with Crippen molar-refractivity contribution in [2.45, 2.75) is 45.6 Å². The highest BCUT2D eigenvalue weighted by Gasteiger charge is 2.29. The molecule has 1 aromatic rings. The topological polar surface area (TPSA) is 67.3 Å². The molecular formula is C15H24N4O2. The molecule has 1 saturated heterocycles. The zero-order valence-electron chi connectivity index (χ0n) is 13.3. The Morgan fingerprint density at radius 1 is 1.33 bits per heavy atom. The highest BCUT2D eigenvalue weighted by Crippen LogP contribution is 2.25. The van der Waals surface area contributed by atoms with Gasteiger partial charge in [0.25, 0.3) is 0 Å². The smallest absolute Gasteiger partial charge is 0.323 e. The predicted molar refractivity (Wildman–Crippen MR) is 81.4 cm³/mol. The van der Waals surface area contributed by atoms with Crippen LogP contribution in [0.2, 0.25) is 0 Å². The lowest BCUT2D eigenvalue weighted by molar-refractivity contribution is -0.00491. The minimum Gasteiger partial charge on any atom is -0.378 e. The van der Waals surface area contributed by atoms with E-state index < -0.39 is 0 Å². The average molecular weight is 292 g/mol. The number of rotatable bonds is 2. The summed E-state index contributed by atoms with van der Waals surface area (Å²) in [6.07, 6.45) is 2.75. The van der Waals surface area contributed by atoms with Crippen LogP contribution in [0.3, 0.4) is 0 Å². The molecule has 2 amide bonds. The molecule has 0 aromatic carbocycles. The molecule has 6 nitrogen and oxygen atoms in total. The number of amides is 2. The van der Waals surface area contributed by atoms with Crippen LogP contribution in [0.25, 0.3) is 0 Å². The third kappa shape index (κ3) is 3.91. The second-order valence-corrected chi connectivity index (χ2v) is 5.92. The number of aromatic nitrogens is 2. The SMILES string of the molecule is CO[C@@]1(C)CCCN(C(=O)Nc2cc(C)c(C)nn2)CC1. The fraction of sp³-hybridized carbons (Fsp3) is 0.667. The molecule has 0 bridgehead atoms. The molecule has 1 atom stereocenters. The minimum atomic E-state index is -0.130. The summed E-state index contributed by atoms with van der Waals surface area (Å²) in [5.41, 5.74) is 1.76. The van der Waals surface area contributed by atoms with Gasteiger partial charge in [0.05, 0.1) is 11.3 Å². The Bertz CT molecular complexity index is 520. The number of nitrogens with one attached hydrogen (secondary N) is 1. The number of nitrogens with zero attached hydrogens (tertiary/aromatic N) is 3. The normalized spacial score (nSPS) is 22.8. The van der Waals surface area contributed by atoms with E-state index in [2.05, 4.69) is 22.4 Å². The Balaban J connectivity index is 1.98. The van der Waals surface area contributed by atoms with E-state index in [1.165, 1.54) is 0 Å². The van der Waals surface area contributed by atoms with E-state index >= 15 is 0 Å². The molecule has 1 aliphatic heterocycles. The maximum atomic E-state index is 12.3. The lowest BCUT2D eigenvalue weighted by Gasteiger charge is -2.26. The Morgan fingerprint density at radius 2 is 2.10 bits per heavy atom. The predicted octanol–water partition coefficient (Wildman–Crippen LogP) is 2.52. The second kappa shape index (κ2) is 6.39. The summed E-state index contributed by atoms with van der Waals surface area (Å²) in [6.45, 7) is 7.38. The summed E-state index contributed by atoms with van der Waals surface area (Å²) >= 11 is 0. The van der Waals surface area contributed by atoms with Crippen LogP contribution < -0.4 is 5.32 Å². The van der Waals surface area contributed by atoms with Crippen LogP contribution in [0.5, 0.6) is 0 Å². The molecule has 0 aliphatic carbocycles. The number of aryl methyl sites for hydroxylation is 2. The van der Waals surface area contributed by atoms with Crippen molar-refractivity contribution < 1.29 is 9.53 Å². The first-order chi connectivity index (χ1) is 9.93. The van der Waals surface area contributed by atoms with Crippen LogP contribution in [0, 0.1) is 13.8 Å². The van der Waals surface area contributed by atoms with E-state index in [0.29, 0.717) is 12.4 Å². The van der Waals surface area contributed by atoms with Gasteiger partial charge in [-0.15, -0.1) is 5.10 Å². The first kappa shape index (κ1) is 15.7. The lowest BCUT2D eigenvalue weighted by atomic mass is 9.97. The molecule has 1 aromatic heterocycles. The summed E-state index contributed by atoms with van der Waals surface area (Å²) in [4.78, 5) is 14.1. The van der Waals surface area contributed by atoms with Gasteiger partial charge in [-0.3, -0.25) is 5.32 Å². The highest BCUT2D eigenvalue weighted by molar-refractivity contribution is 5.88. The van der Waals surface area contributed by atoms with Crippen LogP contribution >= 0.6 is 0 Å². The third-order valence-corrected chi connectivity index (χ3v) is 4.29. The van der Waals surface area contributed by atoms with Crippen LogP contribution in [0.1, 0.15) is 37.4 Å². The fourth-order valence-electron chi connectivity index (χ4n) is 2.46. The van der Waals surface area contributed by atoms with E-state index in [9.17, 15) is 4.79 Å². The van der Waals surface area contributed by atoms with Crippen LogP contribution in [-0.4, -0.2) is 46.9 Å². The van der Waals surface area contributed by atoms with E-state index in [-0.39, 0.29) is 11.6 Å². The van der Waals surface area contributed by atoms with Crippen molar-refractivity contribution in [2.75, 3.05) is 25.5 Å². The van der Waals surface area contributed by atoms with Crippen molar-refractivity contribution in [1.29, 1.82) is 0 Å². The lowest BCUT2D eigenvalue weighted by Crippen LogP contribution is -2.37. The van der Waals surface area contributed by atoms with Crippen LogP contribution in [0.4, 0.5) is 10.6 Å². The quantitative estimate of drug-likeness (QED) is 0.909. The van der Waals surface area contributed by atoms with Crippen molar-refractivity contribution in [2.24, 2.45) is 0 Å². The molecule has 116 valence electrons. The van der Waals surface area contributed by atoms with Crippen LogP contribution in [0.15, 0.2) is 6.07 Å². The highest BCUT2D eigenvalue weighted by atomic mass is 16.5. The van der Waals surface area contributed by atoms with Gasteiger partial charge in [0.2, 0.25) is 0 Å². The fourth-order valence-corrected chi connectivity index (χ4v) is 2.46. The number of likely N-dealkylation sites (tertiary alicyclic amines) is 1. The Morgan fingerprint density at radius 3 is 2.76 bits per heavy atom. The first-order valence-electron chi connectivity index (χ1n) is 7.35. The van der Waals surface area contributed by atoms with E-state index in [1.54, 1.807) is 7.11 Å². The van der Waals surface area contributed by atoms with Gasteiger partial charge in [0.15, 0.2) is 5.82 Å². The molecule has 0 unspecified atom stereocenters.